The van der Waals surface area contributed by atoms with Gasteiger partial charge in [0.25, 0.3) is 0 Å². The number of hydrogen-bond donors (Lipinski definition) is 0. The van der Waals surface area contributed by atoms with Gasteiger partial charge in [0.15, 0.2) is 0 Å². The van der Waals surface area contributed by atoms with Gasteiger partial charge in [0.05, 0.1) is 20.1 Å². The van der Waals surface area contributed by atoms with Crippen LogP contribution in [0.4, 0.5) is 13.2 Å². The van der Waals surface area contributed by atoms with E-state index in [1.807, 2.05) is 4.90 Å². The van der Waals surface area contributed by atoms with Crippen LogP contribution >= 0.6 is 0 Å². The van der Waals surface area contributed by atoms with E-state index in [2.05, 4.69) is 14.9 Å². The van der Waals surface area contributed by atoms with Crippen molar-refractivity contribution in [2.45, 2.75) is 25.7 Å². The first-order valence-electron chi connectivity index (χ1n) is 5.70. The number of rotatable bonds is 3. The first kappa shape index (κ1) is 13.8. The summed E-state index contributed by atoms with van der Waals surface area (Å²) in [7, 11) is 1.30. The monoisotopic (exact) mass is 278 g/mol. The second kappa shape index (κ2) is 5.16. The van der Waals surface area contributed by atoms with Crippen LogP contribution in [0.2, 0.25) is 0 Å². The van der Waals surface area contributed by atoms with Crippen LogP contribution in [0.5, 0.6) is 0 Å². The third-order valence-corrected chi connectivity index (χ3v) is 2.95. The van der Waals surface area contributed by atoms with Crippen LogP contribution in [0.3, 0.4) is 0 Å². The number of esters is 1. The lowest BCUT2D eigenvalue weighted by Gasteiger charge is -2.27. The van der Waals surface area contributed by atoms with Gasteiger partial charge in [-0.3, -0.25) is 9.69 Å². The highest BCUT2D eigenvalue weighted by atomic mass is 19.4. The molecule has 0 radical (unpaired) electrons. The normalized spacial score (nSPS) is 16.2. The van der Waals surface area contributed by atoms with Crippen molar-refractivity contribution in [1.82, 2.24) is 19.7 Å². The van der Waals surface area contributed by atoms with E-state index in [1.54, 1.807) is 0 Å². The number of carbonyl (C=O) groups is 1. The molecule has 0 aliphatic carbocycles. The number of alkyl halides is 3. The Balaban J connectivity index is 2.02. The van der Waals surface area contributed by atoms with Crippen molar-refractivity contribution in [1.29, 1.82) is 0 Å². The molecule has 0 bridgehead atoms. The third kappa shape index (κ3) is 3.03. The van der Waals surface area contributed by atoms with E-state index in [4.69, 9.17) is 0 Å². The zero-order valence-electron chi connectivity index (χ0n) is 10.3. The lowest BCUT2D eigenvalue weighted by molar-refractivity contribution is -0.148. The number of carbonyl (C=O) groups excluding carboxylic acids is 1. The smallest absolute Gasteiger partial charge is 0.451 e. The van der Waals surface area contributed by atoms with Gasteiger partial charge in [-0.15, -0.1) is 10.2 Å². The fourth-order valence-electron chi connectivity index (χ4n) is 1.96. The fraction of sp³-hybridized carbons (Fsp3) is 0.700. The van der Waals surface area contributed by atoms with Gasteiger partial charge in [0, 0.05) is 19.6 Å². The van der Waals surface area contributed by atoms with Crippen molar-refractivity contribution in [3.8, 4) is 0 Å². The predicted molar refractivity (Wildman–Crippen MR) is 56.9 cm³/mol. The van der Waals surface area contributed by atoms with Crippen LogP contribution in [0.1, 0.15) is 18.1 Å². The summed E-state index contributed by atoms with van der Waals surface area (Å²) >= 11 is 0. The van der Waals surface area contributed by atoms with Gasteiger partial charge in [-0.2, -0.15) is 13.2 Å². The van der Waals surface area contributed by atoms with E-state index in [0.29, 0.717) is 13.1 Å². The summed E-state index contributed by atoms with van der Waals surface area (Å²) in [6.07, 6.45) is -4.28. The molecule has 0 fully saturated rings. The summed E-state index contributed by atoms with van der Waals surface area (Å²) in [5.74, 6) is -1.04. The first-order valence-corrected chi connectivity index (χ1v) is 5.70. The maximum atomic E-state index is 12.6. The maximum absolute atomic E-state index is 12.6. The summed E-state index contributed by atoms with van der Waals surface area (Å²) in [6.45, 7) is 1.27. The highest BCUT2D eigenvalue weighted by Crippen LogP contribution is 2.29. The van der Waals surface area contributed by atoms with Gasteiger partial charge >= 0.3 is 12.1 Å². The van der Waals surface area contributed by atoms with Crippen LogP contribution < -0.4 is 0 Å². The number of halogens is 3. The lowest BCUT2D eigenvalue weighted by atomic mass is 10.3. The molecule has 0 saturated carbocycles. The fourth-order valence-corrected chi connectivity index (χ4v) is 1.96. The Labute approximate surface area is 107 Å². The molecule has 0 atom stereocenters. The second-order valence-electron chi connectivity index (χ2n) is 4.19. The quantitative estimate of drug-likeness (QED) is 0.761. The Morgan fingerprint density at radius 1 is 1.37 bits per heavy atom. The molecule has 2 heterocycles. The molecule has 0 N–H and O–H groups in total. The Morgan fingerprint density at radius 2 is 2.11 bits per heavy atom. The van der Waals surface area contributed by atoms with Crippen molar-refractivity contribution in [2.75, 3.05) is 20.2 Å². The molecule has 2 rings (SSSR count). The van der Waals surface area contributed by atoms with Crippen LogP contribution in [-0.2, 0) is 28.8 Å². The summed E-state index contributed by atoms with van der Waals surface area (Å²) < 4.78 is 43.4. The van der Waals surface area contributed by atoms with Gasteiger partial charge in [-0.25, -0.2) is 0 Å². The predicted octanol–water partition coefficient (Wildman–Crippen LogP) is 0.676. The first-order chi connectivity index (χ1) is 8.91. The second-order valence-corrected chi connectivity index (χ2v) is 4.19. The zero-order valence-corrected chi connectivity index (χ0v) is 10.3. The van der Waals surface area contributed by atoms with Gasteiger partial charge in [-0.05, 0) is 0 Å². The molecule has 1 aromatic rings. The average Bonchev–Trinajstić information content (AvgIpc) is 2.78. The Bertz CT molecular complexity index is 472. The summed E-state index contributed by atoms with van der Waals surface area (Å²) in [5, 5.41) is 6.74. The van der Waals surface area contributed by atoms with Crippen LogP contribution in [-0.4, -0.2) is 45.8 Å². The SMILES string of the molecule is COC(=O)CCN1CCn2c(nnc2C(F)(F)F)C1. The molecule has 0 unspecified atom stereocenters. The van der Waals surface area contributed by atoms with Gasteiger partial charge in [-0.1, -0.05) is 0 Å². The summed E-state index contributed by atoms with van der Waals surface area (Å²) in [4.78, 5) is 12.9. The van der Waals surface area contributed by atoms with Crippen molar-refractivity contribution >= 4 is 5.97 Å². The number of ether oxygens (including phenoxy) is 1. The molecule has 0 aromatic carbocycles. The zero-order chi connectivity index (χ0) is 14.0. The number of aromatic nitrogens is 3. The van der Waals surface area contributed by atoms with E-state index in [0.717, 1.165) is 4.57 Å². The minimum absolute atomic E-state index is 0.165. The standard InChI is InChI=1S/C10H13F3N4O2/c1-19-8(18)2-3-16-4-5-17-7(6-16)14-15-9(17)10(11,12)13/h2-6H2,1H3. The highest BCUT2D eigenvalue weighted by molar-refractivity contribution is 5.69. The molecule has 1 aromatic heterocycles. The Morgan fingerprint density at radius 3 is 2.74 bits per heavy atom. The average molecular weight is 278 g/mol. The molecule has 0 saturated heterocycles. The Kier molecular flexibility index (Phi) is 3.74. The number of hydrogen-bond acceptors (Lipinski definition) is 5. The summed E-state index contributed by atoms with van der Waals surface area (Å²) in [6, 6.07) is 0. The topological polar surface area (TPSA) is 60.2 Å². The minimum atomic E-state index is -4.49. The molecular weight excluding hydrogens is 265 g/mol. The van der Waals surface area contributed by atoms with E-state index >= 15 is 0 Å². The summed E-state index contributed by atoms with van der Waals surface area (Å²) in [5.41, 5.74) is 0. The van der Waals surface area contributed by atoms with E-state index in [9.17, 15) is 18.0 Å². The molecule has 9 heteroatoms. The van der Waals surface area contributed by atoms with Crippen molar-refractivity contribution in [2.24, 2.45) is 0 Å². The molecule has 6 nitrogen and oxygen atoms in total. The van der Waals surface area contributed by atoms with Gasteiger partial charge < -0.3 is 9.30 Å². The van der Waals surface area contributed by atoms with E-state index in [-0.39, 0.29) is 31.3 Å². The minimum Gasteiger partial charge on any atom is -0.469 e. The van der Waals surface area contributed by atoms with E-state index in [1.165, 1.54) is 7.11 Å². The van der Waals surface area contributed by atoms with Gasteiger partial charge in [0.1, 0.15) is 5.82 Å². The lowest BCUT2D eigenvalue weighted by Crippen LogP contribution is -2.36. The molecule has 1 aliphatic heterocycles. The van der Waals surface area contributed by atoms with Crippen LogP contribution in [0, 0.1) is 0 Å². The van der Waals surface area contributed by atoms with Crippen LogP contribution in [0.15, 0.2) is 0 Å². The van der Waals surface area contributed by atoms with Crippen molar-refractivity contribution < 1.29 is 22.7 Å². The number of nitrogens with zero attached hydrogens (tertiary/aromatic N) is 4. The Hall–Kier alpha value is -1.64. The molecular formula is C10H13F3N4O2. The third-order valence-electron chi connectivity index (χ3n) is 2.95. The highest BCUT2D eigenvalue weighted by Gasteiger charge is 2.39. The van der Waals surface area contributed by atoms with E-state index < -0.39 is 12.0 Å². The maximum Gasteiger partial charge on any atom is 0.451 e. The molecule has 106 valence electrons. The number of methoxy groups -OCH3 is 1. The molecule has 1 aliphatic rings. The van der Waals surface area contributed by atoms with Crippen molar-refractivity contribution in [3.05, 3.63) is 11.6 Å². The molecule has 0 spiro atoms. The molecule has 0 amide bonds. The largest absolute Gasteiger partial charge is 0.469 e. The number of fused-ring (bicyclic) bond motifs is 1. The van der Waals surface area contributed by atoms with Crippen molar-refractivity contribution in [3.63, 3.8) is 0 Å². The van der Waals surface area contributed by atoms with Gasteiger partial charge in [0.2, 0.25) is 5.82 Å². The molecule has 19 heavy (non-hydrogen) atoms. The van der Waals surface area contributed by atoms with Crippen LogP contribution in [0.25, 0.3) is 0 Å².